The fourth-order valence-electron chi connectivity index (χ4n) is 1.75. The molecule has 7 nitrogen and oxygen atoms in total. The van der Waals surface area contributed by atoms with Crippen LogP contribution in [-0.4, -0.2) is 16.0 Å². The maximum atomic E-state index is 11.9. The first-order valence-corrected chi connectivity index (χ1v) is 5.82. The van der Waals surface area contributed by atoms with Gasteiger partial charge in [0.05, 0.1) is 10.5 Å². The van der Waals surface area contributed by atoms with Gasteiger partial charge in [-0.1, -0.05) is 11.2 Å². The number of hydrogen-bond donors (Lipinski definition) is 0. The number of hydrogen-bond acceptors (Lipinski definition) is 6. The summed E-state index contributed by atoms with van der Waals surface area (Å²) in [5.41, 5.74) is 0.814. The van der Waals surface area contributed by atoms with E-state index in [1.807, 2.05) is 0 Å². The topological polar surface area (TPSA) is 95.5 Å². The van der Waals surface area contributed by atoms with Gasteiger partial charge in [0.25, 0.3) is 5.69 Å². The van der Waals surface area contributed by atoms with Gasteiger partial charge in [-0.2, -0.15) is 0 Å². The molecule has 0 aliphatic rings. The lowest BCUT2D eigenvalue weighted by molar-refractivity contribution is -0.385. The van der Waals surface area contributed by atoms with Crippen LogP contribution >= 0.6 is 0 Å². The van der Waals surface area contributed by atoms with E-state index in [1.54, 1.807) is 13.0 Å². The van der Waals surface area contributed by atoms with E-state index in [0.717, 1.165) is 0 Å². The van der Waals surface area contributed by atoms with Crippen molar-refractivity contribution in [3.63, 3.8) is 0 Å². The number of aryl methyl sites for hydroxylation is 1. The minimum atomic E-state index is -0.633. The molecule has 0 saturated heterocycles. The third kappa shape index (κ3) is 2.82. The van der Waals surface area contributed by atoms with Crippen molar-refractivity contribution in [1.82, 2.24) is 5.16 Å². The molecule has 0 saturated carbocycles. The number of nitro groups is 1. The van der Waals surface area contributed by atoms with Crippen molar-refractivity contribution in [3.05, 3.63) is 57.0 Å². The fourth-order valence-corrected chi connectivity index (χ4v) is 1.75. The van der Waals surface area contributed by atoms with Gasteiger partial charge in [0.15, 0.2) is 0 Å². The molecule has 0 radical (unpaired) electrons. The molecular formula is C13H12N2O5. The van der Waals surface area contributed by atoms with Crippen LogP contribution in [0, 0.1) is 24.0 Å². The van der Waals surface area contributed by atoms with Crippen LogP contribution in [0.1, 0.15) is 27.4 Å². The van der Waals surface area contributed by atoms with Crippen molar-refractivity contribution >= 4 is 11.7 Å². The molecule has 0 N–H and O–H groups in total. The monoisotopic (exact) mass is 276 g/mol. The van der Waals surface area contributed by atoms with E-state index in [4.69, 9.17) is 9.26 Å². The highest BCUT2D eigenvalue weighted by atomic mass is 16.6. The highest BCUT2D eigenvalue weighted by Gasteiger charge is 2.19. The lowest BCUT2D eigenvalue weighted by Crippen LogP contribution is -2.08. The molecule has 0 bridgehead atoms. The molecule has 104 valence electrons. The number of aromatic nitrogens is 1. The van der Waals surface area contributed by atoms with Crippen molar-refractivity contribution in [3.8, 4) is 0 Å². The molecule has 7 heteroatoms. The van der Waals surface area contributed by atoms with Crippen LogP contribution < -0.4 is 0 Å². The molecule has 1 aromatic heterocycles. The molecule has 0 aliphatic heterocycles. The number of carbonyl (C=O) groups excluding carboxylic acids is 1. The number of nitrogens with zero attached hydrogens (tertiary/aromatic N) is 2. The Morgan fingerprint density at radius 3 is 2.80 bits per heavy atom. The van der Waals surface area contributed by atoms with Gasteiger partial charge in [-0.15, -0.1) is 0 Å². The second-order valence-corrected chi connectivity index (χ2v) is 4.21. The van der Waals surface area contributed by atoms with Crippen LogP contribution in [-0.2, 0) is 11.3 Å². The lowest BCUT2D eigenvalue weighted by atomic mass is 10.1. The van der Waals surface area contributed by atoms with Gasteiger partial charge in [-0.25, -0.2) is 4.79 Å². The second kappa shape index (κ2) is 5.52. The SMILES string of the molecule is Cc1cc(COC(=O)c2cccc([N+](=O)[O-])c2C)no1. The van der Waals surface area contributed by atoms with Crippen molar-refractivity contribution in [2.45, 2.75) is 20.5 Å². The van der Waals surface area contributed by atoms with Gasteiger partial charge in [0.2, 0.25) is 0 Å². The summed E-state index contributed by atoms with van der Waals surface area (Å²) >= 11 is 0. The average molecular weight is 276 g/mol. The third-order valence-electron chi connectivity index (χ3n) is 2.75. The first kappa shape index (κ1) is 13.7. The Morgan fingerprint density at radius 2 is 2.20 bits per heavy atom. The van der Waals surface area contributed by atoms with E-state index in [9.17, 15) is 14.9 Å². The van der Waals surface area contributed by atoms with E-state index in [2.05, 4.69) is 5.16 Å². The highest BCUT2D eigenvalue weighted by molar-refractivity contribution is 5.92. The van der Waals surface area contributed by atoms with E-state index in [1.165, 1.54) is 25.1 Å². The van der Waals surface area contributed by atoms with Crippen LogP contribution in [0.3, 0.4) is 0 Å². The highest BCUT2D eigenvalue weighted by Crippen LogP contribution is 2.22. The molecule has 1 heterocycles. The molecule has 2 rings (SSSR count). The zero-order chi connectivity index (χ0) is 14.7. The second-order valence-electron chi connectivity index (χ2n) is 4.21. The average Bonchev–Trinajstić information content (AvgIpc) is 2.81. The lowest BCUT2D eigenvalue weighted by Gasteiger charge is -2.05. The van der Waals surface area contributed by atoms with Gasteiger partial charge in [-0.3, -0.25) is 10.1 Å². The normalized spacial score (nSPS) is 10.3. The van der Waals surface area contributed by atoms with Crippen LogP contribution in [0.2, 0.25) is 0 Å². The Morgan fingerprint density at radius 1 is 1.45 bits per heavy atom. The zero-order valence-corrected chi connectivity index (χ0v) is 11.0. The van der Waals surface area contributed by atoms with Crippen molar-refractivity contribution in [1.29, 1.82) is 0 Å². The molecule has 0 aliphatic carbocycles. The first-order chi connectivity index (χ1) is 9.49. The molecule has 0 unspecified atom stereocenters. The van der Waals surface area contributed by atoms with Gasteiger partial charge in [0, 0.05) is 17.7 Å². The Balaban J connectivity index is 2.13. The van der Waals surface area contributed by atoms with Gasteiger partial charge < -0.3 is 9.26 Å². The molecular weight excluding hydrogens is 264 g/mol. The summed E-state index contributed by atoms with van der Waals surface area (Å²) in [6.07, 6.45) is 0. The molecule has 1 aromatic carbocycles. The summed E-state index contributed by atoms with van der Waals surface area (Å²) < 4.78 is 9.91. The maximum absolute atomic E-state index is 11.9. The number of rotatable bonds is 4. The number of ether oxygens (including phenoxy) is 1. The number of nitro benzene ring substituents is 1. The number of esters is 1. The number of benzene rings is 1. The molecule has 0 amide bonds. The summed E-state index contributed by atoms with van der Waals surface area (Å²) in [4.78, 5) is 22.2. The van der Waals surface area contributed by atoms with Crippen molar-refractivity contribution < 1.29 is 19.0 Å². The molecule has 20 heavy (non-hydrogen) atoms. The van der Waals surface area contributed by atoms with Crippen LogP contribution in [0.25, 0.3) is 0 Å². The van der Waals surface area contributed by atoms with Gasteiger partial charge in [-0.05, 0) is 19.9 Å². The Hall–Kier alpha value is -2.70. The van der Waals surface area contributed by atoms with Crippen LogP contribution in [0.5, 0.6) is 0 Å². The Labute approximate surface area is 114 Å². The molecule has 0 atom stereocenters. The maximum Gasteiger partial charge on any atom is 0.339 e. The summed E-state index contributed by atoms with van der Waals surface area (Å²) in [7, 11) is 0. The minimum absolute atomic E-state index is 0.0433. The Kier molecular flexibility index (Phi) is 3.79. The smallest absolute Gasteiger partial charge is 0.339 e. The minimum Gasteiger partial charge on any atom is -0.455 e. The Bertz CT molecular complexity index is 663. The zero-order valence-electron chi connectivity index (χ0n) is 11.0. The van der Waals surface area contributed by atoms with Crippen molar-refractivity contribution in [2.24, 2.45) is 0 Å². The molecule has 0 fully saturated rings. The summed E-state index contributed by atoms with van der Waals surface area (Å²) in [6, 6.07) is 5.92. The summed E-state index contributed by atoms with van der Waals surface area (Å²) in [5.74, 6) is -0.0190. The molecule has 2 aromatic rings. The largest absolute Gasteiger partial charge is 0.455 e. The van der Waals surface area contributed by atoms with Crippen LogP contribution in [0.15, 0.2) is 28.8 Å². The predicted molar refractivity (Wildman–Crippen MR) is 68.2 cm³/mol. The van der Waals surface area contributed by atoms with E-state index >= 15 is 0 Å². The fraction of sp³-hybridized carbons (Fsp3) is 0.231. The summed E-state index contributed by atoms with van der Waals surface area (Å²) in [5, 5.41) is 14.5. The summed E-state index contributed by atoms with van der Waals surface area (Å²) in [6.45, 7) is 3.19. The number of carbonyl (C=O) groups is 1. The van der Waals surface area contributed by atoms with Crippen molar-refractivity contribution in [2.75, 3.05) is 0 Å². The van der Waals surface area contributed by atoms with E-state index < -0.39 is 10.9 Å². The van der Waals surface area contributed by atoms with Gasteiger partial charge in [0.1, 0.15) is 18.1 Å². The first-order valence-electron chi connectivity index (χ1n) is 5.82. The van der Waals surface area contributed by atoms with E-state index in [-0.39, 0.29) is 23.4 Å². The standard InChI is InChI=1S/C13H12N2O5/c1-8-6-10(14-20-8)7-19-13(16)11-4-3-5-12(9(11)2)15(17)18/h3-6H,7H2,1-2H3. The van der Waals surface area contributed by atoms with E-state index in [0.29, 0.717) is 11.5 Å². The predicted octanol–water partition coefficient (Wildman–Crippen LogP) is 2.56. The third-order valence-corrected chi connectivity index (χ3v) is 2.75. The molecule has 0 spiro atoms. The van der Waals surface area contributed by atoms with Crippen LogP contribution in [0.4, 0.5) is 5.69 Å². The van der Waals surface area contributed by atoms with Gasteiger partial charge >= 0.3 is 5.97 Å². The quantitative estimate of drug-likeness (QED) is 0.483.